The van der Waals surface area contributed by atoms with E-state index in [1.807, 2.05) is 31.2 Å². The number of hydrogen-bond donors (Lipinski definition) is 1. The van der Waals surface area contributed by atoms with E-state index in [1.165, 1.54) is 0 Å². The number of nitrogens with two attached hydrogens (primary N) is 1. The number of nitrogens with zero attached hydrogens (tertiary/aromatic N) is 2. The average Bonchev–Trinajstić information content (AvgIpc) is 2.39. The van der Waals surface area contributed by atoms with Crippen molar-refractivity contribution in [1.29, 1.82) is 0 Å². The predicted octanol–water partition coefficient (Wildman–Crippen LogP) is 2.74. The molecule has 0 radical (unpaired) electrons. The third-order valence-corrected chi connectivity index (χ3v) is 3.10. The molecule has 0 saturated heterocycles. The highest BCUT2D eigenvalue weighted by atomic mass is 16.5. The quantitative estimate of drug-likeness (QED) is 0.914. The van der Waals surface area contributed by atoms with Crippen LogP contribution in [-0.4, -0.2) is 17.1 Å². The van der Waals surface area contributed by atoms with Gasteiger partial charge in [0.15, 0.2) is 5.82 Å². The molecule has 0 bridgehead atoms. The van der Waals surface area contributed by atoms with Crippen molar-refractivity contribution in [2.24, 2.45) is 0 Å². The Kier molecular flexibility index (Phi) is 4.12. The van der Waals surface area contributed by atoms with Crippen LogP contribution in [0.3, 0.4) is 0 Å². The first-order chi connectivity index (χ1) is 9.15. The normalized spacial score (nSPS) is 10.7. The summed E-state index contributed by atoms with van der Waals surface area (Å²) in [4.78, 5) is 8.95. The molecule has 4 nitrogen and oxygen atoms in total. The lowest BCUT2D eigenvalue weighted by atomic mass is 10.1. The maximum Gasteiger partial charge on any atom is 0.161 e. The number of aryl methyl sites for hydroxylation is 1. The SMILES string of the molecule is CCc1c(C)nc(-c2cccc(COC)c2)nc1N. The van der Waals surface area contributed by atoms with Crippen LogP contribution in [0.15, 0.2) is 24.3 Å². The van der Waals surface area contributed by atoms with Crippen molar-refractivity contribution >= 4 is 5.82 Å². The number of nitrogen functional groups attached to an aromatic ring is 1. The second kappa shape index (κ2) is 5.80. The molecule has 4 heteroatoms. The number of anilines is 1. The number of ether oxygens (including phenoxy) is 1. The lowest BCUT2D eigenvalue weighted by Gasteiger charge is -2.09. The fraction of sp³-hybridized carbons (Fsp3) is 0.333. The maximum atomic E-state index is 5.99. The molecule has 0 aliphatic heterocycles. The van der Waals surface area contributed by atoms with Gasteiger partial charge in [-0.15, -0.1) is 0 Å². The monoisotopic (exact) mass is 257 g/mol. The Morgan fingerprint density at radius 3 is 2.68 bits per heavy atom. The lowest BCUT2D eigenvalue weighted by molar-refractivity contribution is 0.185. The van der Waals surface area contributed by atoms with E-state index in [4.69, 9.17) is 10.5 Å². The maximum absolute atomic E-state index is 5.99. The number of benzene rings is 1. The van der Waals surface area contributed by atoms with Gasteiger partial charge in [0.2, 0.25) is 0 Å². The molecular weight excluding hydrogens is 238 g/mol. The molecule has 100 valence electrons. The zero-order valence-electron chi connectivity index (χ0n) is 11.6. The molecule has 2 aromatic rings. The van der Waals surface area contributed by atoms with Crippen LogP contribution in [0.4, 0.5) is 5.82 Å². The van der Waals surface area contributed by atoms with Crippen molar-refractivity contribution in [2.45, 2.75) is 26.9 Å². The summed E-state index contributed by atoms with van der Waals surface area (Å²) in [6, 6.07) is 8.01. The van der Waals surface area contributed by atoms with Crippen molar-refractivity contribution < 1.29 is 4.74 Å². The van der Waals surface area contributed by atoms with Gasteiger partial charge in [-0.05, 0) is 25.0 Å². The zero-order chi connectivity index (χ0) is 13.8. The van der Waals surface area contributed by atoms with Crippen molar-refractivity contribution in [3.63, 3.8) is 0 Å². The highest BCUT2D eigenvalue weighted by Crippen LogP contribution is 2.21. The van der Waals surface area contributed by atoms with Gasteiger partial charge in [0.1, 0.15) is 5.82 Å². The van der Waals surface area contributed by atoms with E-state index < -0.39 is 0 Å². The molecule has 0 spiro atoms. The third-order valence-electron chi connectivity index (χ3n) is 3.10. The molecule has 0 amide bonds. The summed E-state index contributed by atoms with van der Waals surface area (Å²) in [6.45, 7) is 4.61. The van der Waals surface area contributed by atoms with Crippen LogP contribution in [0.1, 0.15) is 23.7 Å². The summed E-state index contributed by atoms with van der Waals surface area (Å²) < 4.78 is 5.14. The molecular formula is C15H19N3O. The first-order valence-electron chi connectivity index (χ1n) is 6.37. The molecule has 0 aliphatic carbocycles. The van der Waals surface area contributed by atoms with Gasteiger partial charge in [-0.3, -0.25) is 0 Å². The molecule has 0 atom stereocenters. The van der Waals surface area contributed by atoms with E-state index in [-0.39, 0.29) is 0 Å². The number of methoxy groups -OCH3 is 1. The molecule has 19 heavy (non-hydrogen) atoms. The highest BCUT2D eigenvalue weighted by molar-refractivity contribution is 5.59. The van der Waals surface area contributed by atoms with Gasteiger partial charge in [-0.2, -0.15) is 0 Å². The fourth-order valence-electron chi connectivity index (χ4n) is 2.15. The summed E-state index contributed by atoms with van der Waals surface area (Å²) in [5.74, 6) is 1.24. The van der Waals surface area contributed by atoms with E-state index >= 15 is 0 Å². The first-order valence-corrected chi connectivity index (χ1v) is 6.37. The summed E-state index contributed by atoms with van der Waals surface area (Å²) in [5, 5.41) is 0. The average molecular weight is 257 g/mol. The number of aromatic nitrogens is 2. The van der Waals surface area contributed by atoms with E-state index in [0.717, 1.165) is 28.8 Å². The van der Waals surface area contributed by atoms with E-state index in [9.17, 15) is 0 Å². The Morgan fingerprint density at radius 2 is 2.05 bits per heavy atom. The van der Waals surface area contributed by atoms with Gasteiger partial charge in [0.05, 0.1) is 6.61 Å². The predicted molar refractivity (Wildman–Crippen MR) is 76.7 cm³/mol. The summed E-state index contributed by atoms with van der Waals surface area (Å²) >= 11 is 0. The Hall–Kier alpha value is -1.94. The van der Waals surface area contributed by atoms with Gasteiger partial charge in [0, 0.05) is 23.9 Å². The van der Waals surface area contributed by atoms with Crippen LogP contribution in [0.25, 0.3) is 11.4 Å². The molecule has 2 rings (SSSR count). The summed E-state index contributed by atoms with van der Waals surface area (Å²) in [5.41, 5.74) is 10.0. The molecule has 0 aliphatic rings. The topological polar surface area (TPSA) is 61.0 Å². The van der Waals surface area contributed by atoms with Crippen LogP contribution in [-0.2, 0) is 17.8 Å². The fourth-order valence-corrected chi connectivity index (χ4v) is 2.15. The third kappa shape index (κ3) is 2.90. The molecule has 0 unspecified atom stereocenters. The molecule has 0 fully saturated rings. The van der Waals surface area contributed by atoms with Crippen molar-refractivity contribution in [3.8, 4) is 11.4 Å². The minimum Gasteiger partial charge on any atom is -0.383 e. The smallest absolute Gasteiger partial charge is 0.161 e. The van der Waals surface area contributed by atoms with Crippen molar-refractivity contribution in [2.75, 3.05) is 12.8 Å². The Morgan fingerprint density at radius 1 is 1.26 bits per heavy atom. The van der Waals surface area contributed by atoms with Crippen LogP contribution in [0, 0.1) is 6.92 Å². The Bertz CT molecular complexity index is 558. The minimum atomic E-state index is 0.571. The van der Waals surface area contributed by atoms with Crippen molar-refractivity contribution in [3.05, 3.63) is 41.1 Å². The number of hydrogen-bond acceptors (Lipinski definition) is 4. The zero-order valence-corrected chi connectivity index (χ0v) is 11.6. The highest BCUT2D eigenvalue weighted by Gasteiger charge is 2.09. The van der Waals surface area contributed by atoms with Crippen molar-refractivity contribution in [1.82, 2.24) is 9.97 Å². The Labute approximate surface area is 113 Å². The number of rotatable bonds is 4. The van der Waals surface area contributed by atoms with E-state index in [0.29, 0.717) is 18.2 Å². The van der Waals surface area contributed by atoms with Gasteiger partial charge in [-0.25, -0.2) is 9.97 Å². The summed E-state index contributed by atoms with van der Waals surface area (Å²) in [6.07, 6.45) is 0.849. The van der Waals surface area contributed by atoms with Gasteiger partial charge < -0.3 is 10.5 Å². The van der Waals surface area contributed by atoms with Gasteiger partial charge >= 0.3 is 0 Å². The molecule has 1 heterocycles. The van der Waals surface area contributed by atoms with Crippen LogP contribution >= 0.6 is 0 Å². The Balaban J connectivity index is 2.44. The van der Waals surface area contributed by atoms with E-state index in [1.54, 1.807) is 7.11 Å². The minimum absolute atomic E-state index is 0.571. The lowest BCUT2D eigenvalue weighted by Crippen LogP contribution is -2.04. The standard InChI is InChI=1S/C15H19N3O/c1-4-13-10(2)17-15(18-14(13)16)12-7-5-6-11(8-12)9-19-3/h5-8H,4,9H2,1-3H3,(H2,16,17,18). The van der Waals surface area contributed by atoms with Gasteiger partial charge in [0.25, 0.3) is 0 Å². The molecule has 1 aromatic carbocycles. The van der Waals surface area contributed by atoms with Crippen LogP contribution in [0.2, 0.25) is 0 Å². The second-order valence-corrected chi connectivity index (χ2v) is 4.48. The molecule has 1 aromatic heterocycles. The second-order valence-electron chi connectivity index (χ2n) is 4.48. The van der Waals surface area contributed by atoms with Crippen LogP contribution in [0.5, 0.6) is 0 Å². The first kappa shape index (κ1) is 13.5. The molecule has 2 N–H and O–H groups in total. The summed E-state index contributed by atoms with van der Waals surface area (Å²) in [7, 11) is 1.68. The van der Waals surface area contributed by atoms with E-state index in [2.05, 4.69) is 16.9 Å². The van der Waals surface area contributed by atoms with Crippen LogP contribution < -0.4 is 5.73 Å². The van der Waals surface area contributed by atoms with Gasteiger partial charge in [-0.1, -0.05) is 25.1 Å². The molecule has 0 saturated carbocycles. The largest absolute Gasteiger partial charge is 0.383 e.